The second-order valence-corrected chi connectivity index (χ2v) is 6.67. The maximum atomic E-state index is 12.9. The number of nitriles is 1. The van der Waals surface area contributed by atoms with Crippen molar-refractivity contribution in [2.45, 2.75) is 31.6 Å². The lowest BCUT2D eigenvalue weighted by Crippen LogP contribution is -2.43. The number of piperidine rings is 1. The van der Waals surface area contributed by atoms with Crippen molar-refractivity contribution in [1.82, 2.24) is 14.9 Å². The smallest absolute Gasteiger partial charge is 0.354 e. The van der Waals surface area contributed by atoms with Crippen molar-refractivity contribution in [2.24, 2.45) is 0 Å². The third-order valence-electron chi connectivity index (χ3n) is 4.86. The molecule has 0 unspecified atom stereocenters. The molecule has 1 aromatic carbocycles. The highest BCUT2D eigenvalue weighted by molar-refractivity contribution is 5.49. The minimum atomic E-state index is -4.32. The molecule has 1 saturated heterocycles. The quantitative estimate of drug-likeness (QED) is 0.819. The van der Waals surface area contributed by atoms with Crippen LogP contribution in [-0.2, 0) is 12.7 Å². The second-order valence-electron chi connectivity index (χ2n) is 6.67. The van der Waals surface area contributed by atoms with E-state index in [0.29, 0.717) is 23.6 Å². The van der Waals surface area contributed by atoms with Crippen LogP contribution in [0.5, 0.6) is 0 Å². The van der Waals surface area contributed by atoms with Crippen molar-refractivity contribution in [2.75, 3.05) is 25.0 Å². The van der Waals surface area contributed by atoms with Crippen LogP contribution in [0, 0.1) is 11.3 Å². The van der Waals surface area contributed by atoms with Gasteiger partial charge in [0.15, 0.2) is 11.5 Å². The highest BCUT2D eigenvalue weighted by Crippen LogP contribution is 2.30. The first-order chi connectivity index (χ1) is 12.9. The van der Waals surface area contributed by atoms with Crippen molar-refractivity contribution in [3.63, 3.8) is 0 Å². The number of hydrogen-bond acceptors (Lipinski definition) is 5. The fourth-order valence-corrected chi connectivity index (χ4v) is 3.42. The molecule has 5 nitrogen and oxygen atoms in total. The van der Waals surface area contributed by atoms with Gasteiger partial charge in [-0.05, 0) is 31.5 Å². The molecule has 0 amide bonds. The number of nitrogens with zero attached hydrogens (tertiary/aromatic N) is 5. The number of halogens is 3. The fraction of sp³-hybridized carbons (Fsp3) is 0.421. The van der Waals surface area contributed by atoms with Gasteiger partial charge < -0.3 is 4.90 Å². The van der Waals surface area contributed by atoms with E-state index < -0.39 is 11.7 Å². The van der Waals surface area contributed by atoms with E-state index >= 15 is 0 Å². The van der Waals surface area contributed by atoms with Crippen LogP contribution in [0.1, 0.15) is 29.7 Å². The molecule has 0 aliphatic carbocycles. The van der Waals surface area contributed by atoms with E-state index in [1.165, 1.54) is 18.3 Å². The second kappa shape index (κ2) is 7.92. The molecular formula is C19H20F3N5. The lowest BCUT2D eigenvalue weighted by Gasteiger charge is -2.37. The molecule has 0 atom stereocenters. The largest absolute Gasteiger partial charge is 0.416 e. The Balaban J connectivity index is 1.61. The first kappa shape index (κ1) is 19.1. The number of anilines is 1. The van der Waals surface area contributed by atoms with E-state index in [0.717, 1.165) is 32.0 Å². The minimum absolute atomic E-state index is 0.262. The van der Waals surface area contributed by atoms with Gasteiger partial charge in [-0.1, -0.05) is 18.2 Å². The summed E-state index contributed by atoms with van der Waals surface area (Å²) in [5.74, 6) is 0.596. The molecule has 2 aromatic rings. The Morgan fingerprint density at radius 3 is 2.59 bits per heavy atom. The molecule has 0 N–H and O–H groups in total. The van der Waals surface area contributed by atoms with Gasteiger partial charge in [-0.2, -0.15) is 18.4 Å². The molecule has 1 aliphatic rings. The van der Waals surface area contributed by atoms with Crippen LogP contribution < -0.4 is 4.90 Å². The molecule has 1 fully saturated rings. The molecular weight excluding hydrogens is 355 g/mol. The maximum Gasteiger partial charge on any atom is 0.416 e. The van der Waals surface area contributed by atoms with Crippen LogP contribution in [0.3, 0.4) is 0 Å². The summed E-state index contributed by atoms with van der Waals surface area (Å²) in [7, 11) is 1.93. The lowest BCUT2D eigenvalue weighted by molar-refractivity contribution is -0.137. The summed E-state index contributed by atoms with van der Waals surface area (Å²) in [6, 6.07) is 7.80. The normalized spacial score (nSPS) is 15.8. The Bertz CT molecular complexity index is 823. The van der Waals surface area contributed by atoms with E-state index in [-0.39, 0.29) is 6.04 Å². The molecule has 1 aliphatic heterocycles. The topological polar surface area (TPSA) is 56.1 Å². The molecule has 2 heterocycles. The molecule has 3 rings (SSSR count). The Labute approximate surface area is 156 Å². The summed E-state index contributed by atoms with van der Waals surface area (Å²) in [6.45, 7) is 1.92. The Morgan fingerprint density at radius 2 is 1.93 bits per heavy atom. The summed E-state index contributed by atoms with van der Waals surface area (Å²) >= 11 is 0. The van der Waals surface area contributed by atoms with Crippen LogP contribution in [0.15, 0.2) is 36.7 Å². The third-order valence-corrected chi connectivity index (χ3v) is 4.86. The van der Waals surface area contributed by atoms with Crippen LogP contribution in [0.4, 0.5) is 19.0 Å². The fourth-order valence-electron chi connectivity index (χ4n) is 3.42. The van der Waals surface area contributed by atoms with E-state index in [2.05, 4.69) is 20.9 Å². The number of aromatic nitrogens is 2. The lowest BCUT2D eigenvalue weighted by atomic mass is 10.0. The molecule has 8 heteroatoms. The maximum absolute atomic E-state index is 12.9. The monoisotopic (exact) mass is 375 g/mol. The Hall–Kier alpha value is -2.66. The van der Waals surface area contributed by atoms with Crippen LogP contribution in [0.25, 0.3) is 0 Å². The molecule has 142 valence electrons. The minimum Gasteiger partial charge on any atom is -0.354 e. The molecule has 0 radical (unpaired) electrons. The average Bonchev–Trinajstić information content (AvgIpc) is 2.67. The Morgan fingerprint density at radius 1 is 1.22 bits per heavy atom. The molecule has 27 heavy (non-hydrogen) atoms. The summed E-state index contributed by atoms with van der Waals surface area (Å²) in [4.78, 5) is 12.4. The van der Waals surface area contributed by atoms with E-state index in [1.54, 1.807) is 12.3 Å². The molecule has 1 aromatic heterocycles. The predicted molar refractivity (Wildman–Crippen MR) is 94.9 cm³/mol. The molecule has 0 spiro atoms. The van der Waals surface area contributed by atoms with Gasteiger partial charge in [-0.25, -0.2) is 9.97 Å². The zero-order valence-corrected chi connectivity index (χ0v) is 14.9. The van der Waals surface area contributed by atoms with Crippen molar-refractivity contribution in [1.29, 1.82) is 5.26 Å². The predicted octanol–water partition coefficient (Wildman–Crippen LogP) is 3.47. The van der Waals surface area contributed by atoms with Gasteiger partial charge in [0.25, 0.3) is 0 Å². The van der Waals surface area contributed by atoms with Gasteiger partial charge in [-0.15, -0.1) is 0 Å². The van der Waals surface area contributed by atoms with Crippen molar-refractivity contribution < 1.29 is 13.2 Å². The molecule has 0 bridgehead atoms. The van der Waals surface area contributed by atoms with Gasteiger partial charge in [0.1, 0.15) is 6.07 Å². The number of benzene rings is 1. The number of rotatable bonds is 4. The van der Waals surface area contributed by atoms with Crippen LogP contribution in [0.2, 0.25) is 0 Å². The van der Waals surface area contributed by atoms with Gasteiger partial charge in [0.05, 0.1) is 5.56 Å². The summed E-state index contributed by atoms with van der Waals surface area (Å²) < 4.78 is 38.6. The first-order valence-electron chi connectivity index (χ1n) is 8.71. The van der Waals surface area contributed by atoms with Crippen molar-refractivity contribution in [3.8, 4) is 6.07 Å². The number of hydrogen-bond donors (Lipinski definition) is 0. The van der Waals surface area contributed by atoms with E-state index in [4.69, 9.17) is 5.26 Å². The zero-order valence-electron chi connectivity index (χ0n) is 14.9. The summed E-state index contributed by atoms with van der Waals surface area (Å²) in [5, 5.41) is 9.17. The van der Waals surface area contributed by atoms with Gasteiger partial charge >= 0.3 is 6.18 Å². The summed E-state index contributed by atoms with van der Waals surface area (Å²) in [6.07, 6.45) is 0.433. The van der Waals surface area contributed by atoms with Crippen LogP contribution in [-0.4, -0.2) is 41.0 Å². The van der Waals surface area contributed by atoms with Gasteiger partial charge in [0.2, 0.25) is 0 Å². The van der Waals surface area contributed by atoms with Crippen molar-refractivity contribution in [3.05, 3.63) is 53.5 Å². The third kappa shape index (κ3) is 4.55. The standard InChI is InChI=1S/C19H20F3N5/c1-26(13-14-3-2-4-15(11-14)19(20,21)22)16-5-9-27(10-6-16)18-17(12-23)24-7-8-25-18/h2-4,7-8,11,16H,5-6,9-10,13H2,1H3. The highest BCUT2D eigenvalue weighted by Gasteiger charge is 2.31. The van der Waals surface area contributed by atoms with Gasteiger partial charge in [0, 0.05) is 38.1 Å². The average molecular weight is 375 g/mol. The van der Waals surface area contributed by atoms with Crippen molar-refractivity contribution >= 4 is 5.82 Å². The first-order valence-corrected chi connectivity index (χ1v) is 8.71. The Kier molecular flexibility index (Phi) is 5.61. The van der Waals surface area contributed by atoms with Crippen LogP contribution >= 0.6 is 0 Å². The molecule has 0 saturated carbocycles. The number of alkyl halides is 3. The van der Waals surface area contributed by atoms with E-state index in [9.17, 15) is 13.2 Å². The SMILES string of the molecule is CN(Cc1cccc(C(F)(F)F)c1)C1CCN(c2nccnc2C#N)CC1. The van der Waals surface area contributed by atoms with Gasteiger partial charge in [-0.3, -0.25) is 4.90 Å². The van der Waals surface area contributed by atoms with E-state index in [1.807, 2.05) is 11.9 Å². The zero-order chi connectivity index (χ0) is 19.4. The highest BCUT2D eigenvalue weighted by atomic mass is 19.4. The summed E-state index contributed by atoms with van der Waals surface area (Å²) in [5.41, 5.74) is 0.346.